The van der Waals surface area contributed by atoms with Gasteiger partial charge in [0.25, 0.3) is 0 Å². The summed E-state index contributed by atoms with van der Waals surface area (Å²) in [5, 5.41) is 14.6. The Hall–Kier alpha value is -1.76. The fraction of sp³-hybridized carbons (Fsp3) is 0.462. The summed E-state index contributed by atoms with van der Waals surface area (Å²) in [7, 11) is 0. The third-order valence-electron chi connectivity index (χ3n) is 2.83. The SMILES string of the molecule is CCNC(=O)NCCC(O)(c1ccccc1)C(F)(F)F. The Morgan fingerprint density at radius 1 is 1.20 bits per heavy atom. The minimum absolute atomic E-state index is 0.245. The summed E-state index contributed by atoms with van der Waals surface area (Å²) < 4.78 is 39.3. The van der Waals surface area contributed by atoms with E-state index < -0.39 is 24.2 Å². The highest BCUT2D eigenvalue weighted by atomic mass is 19.4. The Bertz CT molecular complexity index is 437. The summed E-state index contributed by atoms with van der Waals surface area (Å²) in [5.41, 5.74) is -3.22. The first kappa shape index (κ1) is 16.3. The van der Waals surface area contributed by atoms with Crippen LogP contribution >= 0.6 is 0 Å². The van der Waals surface area contributed by atoms with Crippen LogP contribution in [0.2, 0.25) is 0 Å². The smallest absolute Gasteiger partial charge is 0.376 e. The number of aliphatic hydroxyl groups is 1. The molecule has 0 fully saturated rings. The number of carbonyl (C=O) groups excluding carboxylic acids is 1. The van der Waals surface area contributed by atoms with Crippen molar-refractivity contribution in [3.05, 3.63) is 35.9 Å². The van der Waals surface area contributed by atoms with Crippen LogP contribution in [-0.4, -0.2) is 30.4 Å². The fourth-order valence-corrected chi connectivity index (χ4v) is 1.74. The van der Waals surface area contributed by atoms with Crippen LogP contribution in [0, 0.1) is 0 Å². The predicted molar refractivity (Wildman–Crippen MR) is 68.1 cm³/mol. The summed E-state index contributed by atoms with van der Waals surface area (Å²) in [6.07, 6.45) is -5.48. The van der Waals surface area contributed by atoms with Crippen LogP contribution < -0.4 is 10.6 Å². The van der Waals surface area contributed by atoms with Gasteiger partial charge in [0.05, 0.1) is 0 Å². The van der Waals surface area contributed by atoms with Gasteiger partial charge in [-0.05, 0) is 12.5 Å². The third kappa shape index (κ3) is 3.86. The van der Waals surface area contributed by atoms with Crippen LogP contribution in [-0.2, 0) is 5.60 Å². The number of benzene rings is 1. The second kappa shape index (κ2) is 6.60. The van der Waals surface area contributed by atoms with Gasteiger partial charge in [-0.25, -0.2) is 4.79 Å². The van der Waals surface area contributed by atoms with Crippen molar-refractivity contribution in [3.8, 4) is 0 Å². The molecule has 0 saturated carbocycles. The standard InChI is InChI=1S/C13H17F3N2O2/c1-2-17-11(19)18-9-8-12(20,13(14,15)16)10-6-4-3-5-7-10/h3-7,20H,2,8-9H2,1H3,(H2,17,18,19). The molecule has 3 N–H and O–H groups in total. The largest absolute Gasteiger partial charge is 0.421 e. The lowest BCUT2D eigenvalue weighted by molar-refractivity contribution is -0.268. The van der Waals surface area contributed by atoms with E-state index >= 15 is 0 Å². The van der Waals surface area contributed by atoms with Crippen molar-refractivity contribution < 1.29 is 23.1 Å². The minimum atomic E-state index is -4.82. The lowest BCUT2D eigenvalue weighted by atomic mass is 9.89. The first-order valence-corrected chi connectivity index (χ1v) is 6.17. The van der Waals surface area contributed by atoms with Crippen molar-refractivity contribution in [2.45, 2.75) is 25.1 Å². The van der Waals surface area contributed by atoms with Crippen LogP contribution in [0.1, 0.15) is 18.9 Å². The summed E-state index contributed by atoms with van der Waals surface area (Å²) in [6.45, 7) is 1.76. The summed E-state index contributed by atoms with van der Waals surface area (Å²) >= 11 is 0. The molecule has 4 nitrogen and oxygen atoms in total. The summed E-state index contributed by atoms with van der Waals surface area (Å²) in [6, 6.07) is 6.25. The first-order chi connectivity index (χ1) is 9.31. The quantitative estimate of drug-likeness (QED) is 0.778. The molecule has 7 heteroatoms. The Morgan fingerprint density at radius 2 is 1.80 bits per heavy atom. The van der Waals surface area contributed by atoms with E-state index in [1.807, 2.05) is 0 Å². The molecule has 112 valence electrons. The van der Waals surface area contributed by atoms with Crippen molar-refractivity contribution in [1.29, 1.82) is 0 Å². The molecule has 20 heavy (non-hydrogen) atoms. The second-order valence-electron chi connectivity index (χ2n) is 4.26. The second-order valence-corrected chi connectivity index (χ2v) is 4.26. The first-order valence-electron chi connectivity index (χ1n) is 6.17. The molecule has 0 saturated heterocycles. The Labute approximate surface area is 115 Å². The maximum Gasteiger partial charge on any atom is 0.421 e. The lowest BCUT2D eigenvalue weighted by Gasteiger charge is -2.31. The maximum atomic E-state index is 13.1. The molecule has 1 unspecified atom stereocenters. The zero-order chi connectivity index (χ0) is 15.2. The average molecular weight is 290 g/mol. The molecule has 0 radical (unpaired) electrons. The van der Waals surface area contributed by atoms with E-state index in [1.54, 1.807) is 13.0 Å². The fourth-order valence-electron chi connectivity index (χ4n) is 1.74. The van der Waals surface area contributed by atoms with Crippen molar-refractivity contribution >= 4 is 6.03 Å². The van der Waals surface area contributed by atoms with Gasteiger partial charge in [0.2, 0.25) is 0 Å². The third-order valence-corrected chi connectivity index (χ3v) is 2.83. The van der Waals surface area contributed by atoms with E-state index in [1.165, 1.54) is 24.3 Å². The highest BCUT2D eigenvalue weighted by Crippen LogP contribution is 2.41. The van der Waals surface area contributed by atoms with Crippen LogP contribution in [0.4, 0.5) is 18.0 Å². The molecule has 2 amide bonds. The molecule has 1 aromatic carbocycles. The van der Waals surface area contributed by atoms with E-state index in [0.717, 1.165) is 0 Å². The number of halogens is 3. The average Bonchev–Trinajstić information content (AvgIpc) is 2.38. The highest BCUT2D eigenvalue weighted by molar-refractivity contribution is 5.73. The van der Waals surface area contributed by atoms with Gasteiger partial charge in [-0.1, -0.05) is 30.3 Å². The van der Waals surface area contributed by atoms with E-state index in [4.69, 9.17) is 0 Å². The maximum absolute atomic E-state index is 13.1. The van der Waals surface area contributed by atoms with Gasteiger partial charge >= 0.3 is 12.2 Å². The topological polar surface area (TPSA) is 61.4 Å². The van der Waals surface area contributed by atoms with Gasteiger partial charge in [-0.3, -0.25) is 0 Å². The van der Waals surface area contributed by atoms with Crippen molar-refractivity contribution in [2.75, 3.05) is 13.1 Å². The Morgan fingerprint density at radius 3 is 2.30 bits per heavy atom. The van der Waals surface area contributed by atoms with Gasteiger partial charge in [0.15, 0.2) is 5.60 Å². The number of rotatable bonds is 5. The zero-order valence-corrected chi connectivity index (χ0v) is 11.0. The van der Waals surface area contributed by atoms with E-state index in [9.17, 15) is 23.1 Å². The minimum Gasteiger partial charge on any atom is -0.376 e. The molecule has 0 bridgehead atoms. The molecule has 1 atom stereocenters. The van der Waals surface area contributed by atoms with Gasteiger partial charge in [0.1, 0.15) is 0 Å². The Kier molecular flexibility index (Phi) is 5.38. The molecule has 0 aromatic heterocycles. The molecule has 1 aromatic rings. The van der Waals surface area contributed by atoms with Crippen LogP contribution in [0.5, 0.6) is 0 Å². The van der Waals surface area contributed by atoms with Gasteiger partial charge in [-0.15, -0.1) is 0 Å². The number of hydrogen-bond donors (Lipinski definition) is 3. The van der Waals surface area contributed by atoms with Gasteiger partial charge < -0.3 is 15.7 Å². The van der Waals surface area contributed by atoms with Crippen LogP contribution in [0.3, 0.4) is 0 Å². The number of carbonyl (C=O) groups is 1. The molecule has 1 rings (SSSR count). The van der Waals surface area contributed by atoms with E-state index in [-0.39, 0.29) is 12.1 Å². The number of urea groups is 1. The highest BCUT2D eigenvalue weighted by Gasteiger charge is 2.54. The number of alkyl halides is 3. The van der Waals surface area contributed by atoms with E-state index in [2.05, 4.69) is 10.6 Å². The molecule has 0 aliphatic heterocycles. The molecular weight excluding hydrogens is 273 g/mol. The monoisotopic (exact) mass is 290 g/mol. The zero-order valence-electron chi connectivity index (χ0n) is 11.0. The summed E-state index contributed by atoms with van der Waals surface area (Å²) in [4.78, 5) is 11.1. The number of hydrogen-bond acceptors (Lipinski definition) is 2. The molecular formula is C13H17F3N2O2. The number of amides is 2. The van der Waals surface area contributed by atoms with Crippen LogP contribution in [0.25, 0.3) is 0 Å². The molecule has 0 spiro atoms. The molecule has 0 aliphatic carbocycles. The van der Waals surface area contributed by atoms with Crippen LogP contribution in [0.15, 0.2) is 30.3 Å². The predicted octanol–water partition coefficient (Wildman–Crippen LogP) is 2.15. The molecule has 0 heterocycles. The van der Waals surface area contributed by atoms with Crippen molar-refractivity contribution in [3.63, 3.8) is 0 Å². The normalized spacial score (nSPS) is 14.4. The summed E-state index contributed by atoms with van der Waals surface area (Å²) in [5.74, 6) is 0. The Balaban J connectivity index is 2.79. The van der Waals surface area contributed by atoms with E-state index in [0.29, 0.717) is 6.54 Å². The van der Waals surface area contributed by atoms with Gasteiger partial charge in [-0.2, -0.15) is 13.2 Å². The van der Waals surface area contributed by atoms with Crippen molar-refractivity contribution in [2.24, 2.45) is 0 Å². The van der Waals surface area contributed by atoms with Gasteiger partial charge in [0, 0.05) is 19.5 Å². The molecule has 0 aliphatic rings. The number of nitrogens with one attached hydrogen (secondary N) is 2. The lowest BCUT2D eigenvalue weighted by Crippen LogP contribution is -2.46. The van der Waals surface area contributed by atoms with Crippen molar-refractivity contribution in [1.82, 2.24) is 10.6 Å².